The molecule has 1 fully saturated rings. The first-order valence-electron chi connectivity index (χ1n) is 5.83. The minimum atomic E-state index is 0.616. The van der Waals surface area contributed by atoms with E-state index in [1.165, 1.54) is 12.8 Å². The molecule has 0 amide bonds. The van der Waals surface area contributed by atoms with Crippen LogP contribution < -0.4 is 5.32 Å². The minimum Gasteiger partial charge on any atom is -0.354 e. The molecular weight excluding hydrogens is 202 g/mol. The van der Waals surface area contributed by atoms with Crippen molar-refractivity contribution in [2.24, 2.45) is 0 Å². The number of nitrogens with one attached hydrogen (secondary N) is 2. The maximum Gasteiger partial charge on any atom is 0.224 e. The van der Waals surface area contributed by atoms with Crippen LogP contribution in [0.2, 0.25) is 0 Å². The molecule has 0 aromatic carbocycles. The highest BCUT2D eigenvalue weighted by Gasteiger charge is 2.28. The molecule has 0 saturated heterocycles. The summed E-state index contributed by atoms with van der Waals surface area (Å²) >= 11 is 0. The lowest BCUT2D eigenvalue weighted by atomic mass is 10.2. The fourth-order valence-electron chi connectivity index (χ4n) is 1.84. The fourth-order valence-corrected chi connectivity index (χ4v) is 1.84. The number of nitrogens with zero attached hydrogens (tertiary/aromatic N) is 3. The Bertz CT molecular complexity index is 500. The summed E-state index contributed by atoms with van der Waals surface area (Å²) in [5, 5.41) is 11.3. The topological polar surface area (TPSA) is 66.5 Å². The summed E-state index contributed by atoms with van der Waals surface area (Å²) in [7, 11) is 0. The smallest absolute Gasteiger partial charge is 0.224 e. The van der Waals surface area contributed by atoms with Crippen LogP contribution in [0.5, 0.6) is 0 Å². The molecule has 5 heteroatoms. The van der Waals surface area contributed by atoms with E-state index in [-0.39, 0.29) is 0 Å². The van der Waals surface area contributed by atoms with Gasteiger partial charge in [-0.2, -0.15) is 10.1 Å². The molecule has 3 rings (SSSR count). The van der Waals surface area contributed by atoms with Gasteiger partial charge >= 0.3 is 0 Å². The molecule has 0 bridgehead atoms. The summed E-state index contributed by atoms with van der Waals surface area (Å²) in [5.74, 6) is 1.34. The van der Waals surface area contributed by atoms with Crippen molar-refractivity contribution in [1.82, 2.24) is 20.2 Å². The summed E-state index contributed by atoms with van der Waals surface area (Å²) in [6.07, 6.45) is 5.38. The summed E-state index contributed by atoms with van der Waals surface area (Å²) < 4.78 is 0. The van der Waals surface area contributed by atoms with Crippen LogP contribution in [-0.2, 0) is 0 Å². The number of hydrogen-bond donors (Lipinski definition) is 2. The molecule has 0 radical (unpaired) electrons. The van der Waals surface area contributed by atoms with E-state index >= 15 is 0 Å². The average Bonchev–Trinajstić information content (AvgIpc) is 3.03. The Hall–Kier alpha value is -1.65. The van der Waals surface area contributed by atoms with Crippen molar-refractivity contribution in [2.75, 3.05) is 11.9 Å². The van der Waals surface area contributed by atoms with Crippen molar-refractivity contribution < 1.29 is 0 Å². The zero-order valence-electron chi connectivity index (χ0n) is 9.32. The van der Waals surface area contributed by atoms with Gasteiger partial charge in [-0.15, -0.1) is 0 Å². The normalized spacial score (nSPS) is 15.6. The van der Waals surface area contributed by atoms with Crippen LogP contribution in [-0.4, -0.2) is 26.7 Å². The van der Waals surface area contributed by atoms with Gasteiger partial charge in [0, 0.05) is 12.5 Å². The molecule has 2 aromatic rings. The van der Waals surface area contributed by atoms with Crippen molar-refractivity contribution in [1.29, 1.82) is 0 Å². The van der Waals surface area contributed by atoms with Gasteiger partial charge in [0.05, 0.1) is 17.3 Å². The number of rotatable bonds is 4. The van der Waals surface area contributed by atoms with E-state index in [0.29, 0.717) is 5.92 Å². The Kier molecular flexibility index (Phi) is 2.23. The van der Waals surface area contributed by atoms with Crippen LogP contribution in [0.1, 0.15) is 37.8 Å². The zero-order valence-corrected chi connectivity index (χ0v) is 9.32. The summed E-state index contributed by atoms with van der Waals surface area (Å²) in [6, 6.07) is 0. The van der Waals surface area contributed by atoms with Crippen molar-refractivity contribution in [3.05, 3.63) is 11.9 Å². The Balaban J connectivity index is 2.02. The monoisotopic (exact) mass is 217 g/mol. The van der Waals surface area contributed by atoms with Crippen LogP contribution in [0.4, 0.5) is 5.95 Å². The average molecular weight is 217 g/mol. The lowest BCUT2D eigenvalue weighted by Gasteiger charge is -2.05. The lowest BCUT2D eigenvalue weighted by molar-refractivity contribution is 0.938. The van der Waals surface area contributed by atoms with Crippen LogP contribution in [0, 0.1) is 0 Å². The Morgan fingerprint density at radius 1 is 1.44 bits per heavy atom. The first kappa shape index (κ1) is 9.57. The number of H-pyrrole nitrogens is 1. The maximum absolute atomic E-state index is 4.59. The highest BCUT2D eigenvalue weighted by Crippen LogP contribution is 2.41. The number of hydrogen-bond acceptors (Lipinski definition) is 4. The lowest BCUT2D eigenvalue weighted by Crippen LogP contribution is -2.06. The molecule has 5 nitrogen and oxygen atoms in total. The van der Waals surface area contributed by atoms with E-state index < -0.39 is 0 Å². The summed E-state index contributed by atoms with van der Waals surface area (Å²) in [5.41, 5.74) is 1.99. The number of aromatic nitrogens is 4. The second-order valence-corrected chi connectivity index (χ2v) is 4.27. The Morgan fingerprint density at radius 2 is 2.31 bits per heavy atom. The van der Waals surface area contributed by atoms with Crippen molar-refractivity contribution >= 4 is 17.0 Å². The molecule has 2 heterocycles. The first-order valence-corrected chi connectivity index (χ1v) is 5.83. The molecule has 2 aromatic heterocycles. The standard InChI is InChI=1S/C11H15N5/c1-2-5-12-11-14-9(7-3-4-7)8-6-13-16-10(8)15-11/h6-7H,2-5H2,1H3,(H2,12,13,14,15,16). The van der Waals surface area contributed by atoms with Gasteiger partial charge in [0.2, 0.25) is 5.95 Å². The van der Waals surface area contributed by atoms with Gasteiger partial charge in [-0.25, -0.2) is 4.98 Å². The number of anilines is 1. The third-order valence-electron chi connectivity index (χ3n) is 2.84. The van der Waals surface area contributed by atoms with Gasteiger partial charge < -0.3 is 5.32 Å². The largest absolute Gasteiger partial charge is 0.354 e. The van der Waals surface area contributed by atoms with E-state index in [2.05, 4.69) is 32.4 Å². The molecule has 2 N–H and O–H groups in total. The third kappa shape index (κ3) is 1.62. The molecule has 0 aliphatic heterocycles. The molecule has 1 aliphatic carbocycles. The van der Waals surface area contributed by atoms with E-state index in [0.717, 1.165) is 35.6 Å². The number of aromatic amines is 1. The van der Waals surface area contributed by atoms with Gasteiger partial charge in [0.25, 0.3) is 0 Å². The second kappa shape index (κ2) is 3.73. The van der Waals surface area contributed by atoms with Crippen LogP contribution in [0.3, 0.4) is 0 Å². The van der Waals surface area contributed by atoms with Crippen LogP contribution >= 0.6 is 0 Å². The zero-order chi connectivity index (χ0) is 11.0. The quantitative estimate of drug-likeness (QED) is 0.822. The van der Waals surface area contributed by atoms with Crippen molar-refractivity contribution in [3.8, 4) is 0 Å². The van der Waals surface area contributed by atoms with E-state index in [1.54, 1.807) is 0 Å². The maximum atomic E-state index is 4.59. The fraction of sp³-hybridized carbons (Fsp3) is 0.545. The second-order valence-electron chi connectivity index (χ2n) is 4.27. The SMILES string of the molecule is CCCNc1nc(C2CC2)c2cn[nH]c2n1. The highest BCUT2D eigenvalue weighted by atomic mass is 15.2. The van der Waals surface area contributed by atoms with E-state index in [1.807, 2.05) is 6.20 Å². The van der Waals surface area contributed by atoms with Gasteiger partial charge in [-0.1, -0.05) is 6.92 Å². The molecule has 16 heavy (non-hydrogen) atoms. The number of fused-ring (bicyclic) bond motifs is 1. The van der Waals surface area contributed by atoms with E-state index in [4.69, 9.17) is 0 Å². The summed E-state index contributed by atoms with van der Waals surface area (Å²) in [4.78, 5) is 8.99. The minimum absolute atomic E-state index is 0.616. The molecule has 1 aliphatic rings. The summed E-state index contributed by atoms with van der Waals surface area (Å²) in [6.45, 7) is 3.03. The Morgan fingerprint density at radius 3 is 3.06 bits per heavy atom. The van der Waals surface area contributed by atoms with Gasteiger partial charge in [-0.05, 0) is 19.3 Å². The predicted octanol–water partition coefficient (Wildman–Crippen LogP) is 2.05. The predicted molar refractivity (Wildman–Crippen MR) is 62.4 cm³/mol. The van der Waals surface area contributed by atoms with Crippen molar-refractivity contribution in [3.63, 3.8) is 0 Å². The molecule has 84 valence electrons. The molecule has 1 saturated carbocycles. The highest BCUT2D eigenvalue weighted by molar-refractivity contribution is 5.78. The van der Waals surface area contributed by atoms with Crippen molar-refractivity contribution in [2.45, 2.75) is 32.1 Å². The molecular formula is C11H15N5. The van der Waals surface area contributed by atoms with Gasteiger partial charge in [0.15, 0.2) is 5.65 Å². The molecule has 0 atom stereocenters. The molecule has 0 spiro atoms. The van der Waals surface area contributed by atoms with E-state index in [9.17, 15) is 0 Å². The Labute approximate surface area is 93.7 Å². The molecule has 0 unspecified atom stereocenters. The van der Waals surface area contributed by atoms with Crippen LogP contribution in [0.25, 0.3) is 11.0 Å². The first-order chi connectivity index (χ1) is 7.88. The van der Waals surface area contributed by atoms with Crippen LogP contribution in [0.15, 0.2) is 6.20 Å². The van der Waals surface area contributed by atoms with Gasteiger partial charge in [-0.3, -0.25) is 5.10 Å². The third-order valence-corrected chi connectivity index (χ3v) is 2.84. The van der Waals surface area contributed by atoms with Gasteiger partial charge in [0.1, 0.15) is 0 Å².